The molecule has 0 aromatic heterocycles. The summed E-state index contributed by atoms with van der Waals surface area (Å²) in [5, 5.41) is 11.9. The lowest BCUT2D eigenvalue weighted by atomic mass is 9.95. The molecule has 1 heterocycles. The van der Waals surface area contributed by atoms with Crippen LogP contribution in [0.3, 0.4) is 0 Å². The van der Waals surface area contributed by atoms with Crippen molar-refractivity contribution >= 4 is 6.09 Å². The van der Waals surface area contributed by atoms with Crippen molar-refractivity contribution in [3.8, 4) is 0 Å². The molecule has 1 aliphatic rings. The van der Waals surface area contributed by atoms with E-state index in [9.17, 15) is 9.90 Å². The summed E-state index contributed by atoms with van der Waals surface area (Å²) in [6.45, 7) is 2.40. The van der Waals surface area contributed by atoms with Crippen LogP contribution in [-0.2, 0) is 9.47 Å². The molecule has 0 bridgehead atoms. The van der Waals surface area contributed by atoms with Gasteiger partial charge < -0.3 is 19.9 Å². The Morgan fingerprint density at radius 1 is 1.77 bits per heavy atom. The van der Waals surface area contributed by atoms with Gasteiger partial charge in [0.05, 0.1) is 12.7 Å². The summed E-state index contributed by atoms with van der Waals surface area (Å²) in [6, 6.07) is 0. The Bertz CT molecular complexity index is 197. The van der Waals surface area contributed by atoms with Gasteiger partial charge in [0.15, 0.2) is 5.60 Å². The molecule has 13 heavy (non-hydrogen) atoms. The second kappa shape index (κ2) is 3.93. The monoisotopic (exact) mass is 189 g/mol. The first-order chi connectivity index (χ1) is 6.08. The van der Waals surface area contributed by atoms with Crippen molar-refractivity contribution in [2.24, 2.45) is 0 Å². The van der Waals surface area contributed by atoms with Crippen LogP contribution in [0.2, 0.25) is 0 Å². The van der Waals surface area contributed by atoms with Crippen molar-refractivity contribution in [1.29, 1.82) is 0 Å². The summed E-state index contributed by atoms with van der Waals surface area (Å²) in [7, 11) is 1.47. The summed E-state index contributed by atoms with van der Waals surface area (Å²) < 4.78 is 10.2. The first-order valence-electron chi connectivity index (χ1n) is 4.25. The van der Waals surface area contributed by atoms with Crippen molar-refractivity contribution in [1.82, 2.24) is 5.32 Å². The largest absolute Gasteiger partial charge is 0.438 e. The van der Waals surface area contributed by atoms with Crippen LogP contribution in [0, 0.1) is 0 Å². The van der Waals surface area contributed by atoms with Crippen LogP contribution < -0.4 is 5.32 Å². The Morgan fingerprint density at radius 3 is 3.00 bits per heavy atom. The van der Waals surface area contributed by atoms with Crippen molar-refractivity contribution in [2.75, 3.05) is 20.3 Å². The zero-order valence-electron chi connectivity index (χ0n) is 7.87. The minimum absolute atomic E-state index is 0.238. The number of aliphatic hydroxyl groups excluding tert-OH is 1. The van der Waals surface area contributed by atoms with Gasteiger partial charge in [0.2, 0.25) is 0 Å². The molecule has 0 aliphatic carbocycles. The number of hydrogen-bond donors (Lipinski definition) is 2. The van der Waals surface area contributed by atoms with E-state index in [0.29, 0.717) is 13.0 Å². The zero-order chi connectivity index (χ0) is 9.90. The quantitative estimate of drug-likeness (QED) is 0.603. The molecule has 0 saturated carbocycles. The molecule has 2 unspecified atom stereocenters. The maximum absolute atomic E-state index is 10.9. The average Bonchev–Trinajstić information content (AvgIpc) is 2.10. The van der Waals surface area contributed by atoms with E-state index in [0.717, 1.165) is 0 Å². The Kier molecular flexibility index (Phi) is 3.11. The summed E-state index contributed by atoms with van der Waals surface area (Å²) in [5.41, 5.74) is -0.918. The van der Waals surface area contributed by atoms with E-state index in [1.807, 2.05) is 0 Å². The summed E-state index contributed by atoms with van der Waals surface area (Å²) in [6.07, 6.45) is -0.710. The van der Waals surface area contributed by atoms with Crippen molar-refractivity contribution in [3.05, 3.63) is 0 Å². The highest BCUT2D eigenvalue weighted by molar-refractivity contribution is 5.67. The van der Waals surface area contributed by atoms with Crippen molar-refractivity contribution in [3.63, 3.8) is 0 Å². The molecular formula is C8H15NO4. The minimum Gasteiger partial charge on any atom is -0.438 e. The van der Waals surface area contributed by atoms with Crippen LogP contribution in [0.1, 0.15) is 13.3 Å². The lowest BCUT2D eigenvalue weighted by Crippen LogP contribution is -2.52. The van der Waals surface area contributed by atoms with Gasteiger partial charge >= 0.3 is 6.09 Å². The van der Waals surface area contributed by atoms with E-state index in [1.165, 1.54) is 7.05 Å². The molecule has 1 saturated heterocycles. The smallest absolute Gasteiger partial charge is 0.407 e. The van der Waals surface area contributed by atoms with E-state index in [4.69, 9.17) is 9.47 Å². The molecule has 0 radical (unpaired) electrons. The molecule has 0 aromatic carbocycles. The van der Waals surface area contributed by atoms with Crippen LogP contribution in [0.5, 0.6) is 0 Å². The molecule has 1 fully saturated rings. The number of alkyl carbamates (subject to hydrolysis) is 1. The first-order valence-corrected chi connectivity index (χ1v) is 4.25. The Hall–Kier alpha value is -0.810. The normalized spacial score (nSPS) is 33.9. The van der Waals surface area contributed by atoms with Gasteiger partial charge in [-0.3, -0.25) is 0 Å². The van der Waals surface area contributed by atoms with Gasteiger partial charge in [-0.1, -0.05) is 0 Å². The molecule has 1 aliphatic heterocycles. The first kappa shape index (κ1) is 10.3. The Labute approximate surface area is 77.0 Å². The van der Waals surface area contributed by atoms with Gasteiger partial charge in [-0.25, -0.2) is 4.79 Å². The molecule has 2 atom stereocenters. The fraction of sp³-hybridized carbons (Fsp3) is 0.875. The number of carbonyl (C=O) groups is 1. The molecule has 0 spiro atoms. The lowest BCUT2D eigenvalue weighted by molar-refractivity contribution is -0.149. The van der Waals surface area contributed by atoms with E-state index < -0.39 is 17.8 Å². The molecule has 5 nitrogen and oxygen atoms in total. The Morgan fingerprint density at radius 2 is 2.46 bits per heavy atom. The summed E-state index contributed by atoms with van der Waals surface area (Å²) in [4.78, 5) is 10.9. The highest BCUT2D eigenvalue weighted by atomic mass is 16.6. The molecule has 0 aromatic rings. The van der Waals surface area contributed by atoms with Crippen LogP contribution in [0.25, 0.3) is 0 Å². The number of carbonyl (C=O) groups excluding carboxylic acids is 1. The molecule has 2 N–H and O–H groups in total. The number of hydrogen-bond acceptors (Lipinski definition) is 4. The topological polar surface area (TPSA) is 67.8 Å². The molecule has 76 valence electrons. The third kappa shape index (κ3) is 2.32. The summed E-state index contributed by atoms with van der Waals surface area (Å²) >= 11 is 0. The van der Waals surface area contributed by atoms with Crippen LogP contribution in [-0.4, -0.2) is 43.2 Å². The maximum atomic E-state index is 10.9. The van der Waals surface area contributed by atoms with Crippen LogP contribution in [0.15, 0.2) is 0 Å². The van der Waals surface area contributed by atoms with E-state index in [1.54, 1.807) is 6.92 Å². The van der Waals surface area contributed by atoms with Crippen LogP contribution >= 0.6 is 0 Å². The third-order valence-corrected chi connectivity index (χ3v) is 2.16. The molecule has 1 rings (SSSR count). The number of nitrogens with one attached hydrogen (secondary N) is 1. The third-order valence-electron chi connectivity index (χ3n) is 2.16. The zero-order valence-corrected chi connectivity index (χ0v) is 7.87. The molecule has 5 heteroatoms. The predicted octanol–water partition coefficient (Wildman–Crippen LogP) is -0.118. The second-order valence-corrected chi connectivity index (χ2v) is 3.31. The van der Waals surface area contributed by atoms with E-state index >= 15 is 0 Å². The number of amides is 1. The summed E-state index contributed by atoms with van der Waals surface area (Å²) in [5.74, 6) is 0. The highest BCUT2D eigenvalue weighted by Gasteiger charge is 2.39. The van der Waals surface area contributed by atoms with Gasteiger partial charge in [-0.2, -0.15) is 0 Å². The Balaban J connectivity index is 2.56. The average molecular weight is 189 g/mol. The second-order valence-electron chi connectivity index (χ2n) is 3.31. The van der Waals surface area contributed by atoms with Gasteiger partial charge in [0, 0.05) is 20.1 Å². The van der Waals surface area contributed by atoms with E-state index in [-0.39, 0.29) is 6.61 Å². The maximum Gasteiger partial charge on any atom is 0.407 e. The number of rotatable bonds is 1. The van der Waals surface area contributed by atoms with E-state index in [2.05, 4.69) is 5.32 Å². The number of ether oxygens (including phenoxy) is 2. The lowest BCUT2D eigenvalue weighted by Gasteiger charge is -2.37. The van der Waals surface area contributed by atoms with Gasteiger partial charge in [0.25, 0.3) is 0 Å². The highest BCUT2D eigenvalue weighted by Crippen LogP contribution is 2.23. The van der Waals surface area contributed by atoms with Crippen molar-refractivity contribution in [2.45, 2.75) is 25.0 Å². The fourth-order valence-corrected chi connectivity index (χ4v) is 1.23. The van der Waals surface area contributed by atoms with Gasteiger partial charge in [0.1, 0.15) is 0 Å². The van der Waals surface area contributed by atoms with Crippen LogP contribution in [0.4, 0.5) is 4.79 Å². The van der Waals surface area contributed by atoms with Gasteiger partial charge in [-0.05, 0) is 6.92 Å². The standard InChI is InChI=1S/C8H15NO4/c1-8(13-7(11)9-2)5-12-4-3-6(8)10/h6,10H,3-5H2,1-2H3,(H,9,11). The van der Waals surface area contributed by atoms with Crippen molar-refractivity contribution < 1.29 is 19.4 Å². The van der Waals surface area contributed by atoms with Gasteiger partial charge in [-0.15, -0.1) is 0 Å². The number of aliphatic hydroxyl groups is 1. The minimum atomic E-state index is -0.918. The predicted molar refractivity (Wildman–Crippen MR) is 45.4 cm³/mol. The molecular weight excluding hydrogens is 174 g/mol. The molecule has 1 amide bonds. The SMILES string of the molecule is CNC(=O)OC1(C)COCCC1O. The fourth-order valence-electron chi connectivity index (χ4n) is 1.23.